The van der Waals surface area contributed by atoms with E-state index in [9.17, 15) is 14.4 Å². The molecule has 1 aromatic rings. The summed E-state index contributed by atoms with van der Waals surface area (Å²) < 4.78 is 0. The zero-order chi connectivity index (χ0) is 19.0. The van der Waals surface area contributed by atoms with Crippen LogP contribution < -0.4 is 16.2 Å². The van der Waals surface area contributed by atoms with Gasteiger partial charge in [0.05, 0.1) is 0 Å². The van der Waals surface area contributed by atoms with Crippen LogP contribution in [0.3, 0.4) is 0 Å². The summed E-state index contributed by atoms with van der Waals surface area (Å²) in [6.07, 6.45) is 8.05. The highest BCUT2D eigenvalue weighted by atomic mass is 16.2. The Morgan fingerprint density at radius 3 is 2.22 bits per heavy atom. The van der Waals surface area contributed by atoms with Crippen molar-refractivity contribution in [1.29, 1.82) is 0 Å². The first-order chi connectivity index (χ1) is 12.9. The summed E-state index contributed by atoms with van der Waals surface area (Å²) in [4.78, 5) is 35.9. The molecule has 0 aromatic heterocycles. The quantitative estimate of drug-likeness (QED) is 0.713. The van der Waals surface area contributed by atoms with E-state index in [0.29, 0.717) is 17.7 Å². The Kier molecular flexibility index (Phi) is 4.66. The van der Waals surface area contributed by atoms with Gasteiger partial charge in [0.2, 0.25) is 11.8 Å². The number of anilines is 1. The van der Waals surface area contributed by atoms with Crippen LogP contribution in [0.25, 0.3) is 0 Å². The summed E-state index contributed by atoms with van der Waals surface area (Å²) in [5.74, 6) is 1.71. The fraction of sp³-hybridized carbons (Fsp3) is 0.571. The van der Waals surface area contributed by atoms with Crippen LogP contribution in [-0.2, 0) is 9.59 Å². The van der Waals surface area contributed by atoms with E-state index in [1.54, 1.807) is 24.3 Å². The molecule has 0 atom stereocenters. The van der Waals surface area contributed by atoms with E-state index in [4.69, 9.17) is 0 Å². The normalized spacial score (nSPS) is 30.6. The monoisotopic (exact) mass is 369 g/mol. The van der Waals surface area contributed by atoms with Crippen LogP contribution in [0.4, 0.5) is 5.69 Å². The van der Waals surface area contributed by atoms with Gasteiger partial charge in [-0.3, -0.25) is 25.2 Å². The Morgan fingerprint density at radius 2 is 1.63 bits per heavy atom. The minimum atomic E-state index is -0.388. The minimum absolute atomic E-state index is 0.108. The molecule has 4 aliphatic rings. The number of hydrogen-bond acceptors (Lipinski definition) is 3. The van der Waals surface area contributed by atoms with E-state index in [2.05, 4.69) is 16.2 Å². The zero-order valence-corrected chi connectivity index (χ0v) is 15.7. The molecule has 144 valence electrons. The molecule has 4 fully saturated rings. The lowest BCUT2D eigenvalue weighted by Gasteiger charge is -2.56. The SMILES string of the molecule is CC(=O)Nc1cccc(C(=O)NNC(=O)CC23CC4CC(CC(C4)C2)C3)c1. The Hall–Kier alpha value is -2.37. The third kappa shape index (κ3) is 3.99. The van der Waals surface area contributed by atoms with Gasteiger partial charge >= 0.3 is 0 Å². The largest absolute Gasteiger partial charge is 0.326 e. The van der Waals surface area contributed by atoms with Crippen LogP contribution in [0.2, 0.25) is 0 Å². The molecular formula is C21H27N3O3. The van der Waals surface area contributed by atoms with Crippen molar-refractivity contribution in [1.82, 2.24) is 10.9 Å². The maximum absolute atomic E-state index is 12.5. The van der Waals surface area contributed by atoms with Crippen molar-refractivity contribution in [3.8, 4) is 0 Å². The number of rotatable bonds is 4. The summed E-state index contributed by atoms with van der Waals surface area (Å²) in [6.45, 7) is 1.41. The predicted octanol–water partition coefficient (Wildman–Crippen LogP) is 3.01. The first-order valence-electron chi connectivity index (χ1n) is 9.88. The van der Waals surface area contributed by atoms with Crippen LogP contribution in [0, 0.1) is 23.2 Å². The summed E-state index contributed by atoms with van der Waals surface area (Å²) in [5, 5.41) is 2.64. The lowest BCUT2D eigenvalue weighted by Crippen LogP contribution is -2.50. The summed E-state index contributed by atoms with van der Waals surface area (Å²) in [7, 11) is 0. The van der Waals surface area contributed by atoms with Gasteiger partial charge in [0, 0.05) is 24.6 Å². The lowest BCUT2D eigenvalue weighted by atomic mass is 9.49. The van der Waals surface area contributed by atoms with Crippen LogP contribution in [0.15, 0.2) is 24.3 Å². The van der Waals surface area contributed by atoms with Crippen LogP contribution in [0.5, 0.6) is 0 Å². The van der Waals surface area contributed by atoms with Crippen LogP contribution >= 0.6 is 0 Å². The molecule has 6 nitrogen and oxygen atoms in total. The molecule has 27 heavy (non-hydrogen) atoms. The van der Waals surface area contributed by atoms with Crippen LogP contribution in [-0.4, -0.2) is 17.7 Å². The third-order valence-corrected chi connectivity index (χ3v) is 6.46. The maximum atomic E-state index is 12.5. The molecule has 0 unspecified atom stereocenters. The molecule has 0 radical (unpaired) electrons. The van der Waals surface area contributed by atoms with Gasteiger partial charge in [-0.05, 0) is 79.9 Å². The second kappa shape index (κ2) is 6.98. The van der Waals surface area contributed by atoms with Gasteiger partial charge in [-0.15, -0.1) is 0 Å². The van der Waals surface area contributed by atoms with Crippen molar-refractivity contribution < 1.29 is 14.4 Å². The summed E-state index contributed by atoms with van der Waals surface area (Å²) >= 11 is 0. The number of carbonyl (C=O) groups excluding carboxylic acids is 3. The average molecular weight is 369 g/mol. The summed E-state index contributed by atoms with van der Waals surface area (Å²) in [5.41, 5.74) is 6.19. The third-order valence-electron chi connectivity index (χ3n) is 6.46. The van der Waals surface area contributed by atoms with Gasteiger partial charge in [-0.25, -0.2) is 0 Å². The Labute approximate surface area is 159 Å². The molecule has 3 amide bonds. The highest BCUT2D eigenvalue weighted by molar-refractivity contribution is 5.97. The minimum Gasteiger partial charge on any atom is -0.326 e. The Morgan fingerprint density at radius 1 is 1.00 bits per heavy atom. The predicted molar refractivity (Wildman–Crippen MR) is 102 cm³/mol. The molecule has 3 N–H and O–H groups in total. The standard InChI is InChI=1S/C21H27N3O3/c1-13(25)22-18-4-2-3-17(8-18)20(27)24-23-19(26)12-21-9-14-5-15(10-21)7-16(6-14)11-21/h2-4,8,14-16H,5-7,9-12H2,1H3,(H,22,25)(H,23,26)(H,24,27). The smallest absolute Gasteiger partial charge is 0.269 e. The molecule has 1 aromatic carbocycles. The number of amides is 3. The number of benzene rings is 1. The van der Waals surface area contributed by atoms with Crippen molar-refractivity contribution in [3.63, 3.8) is 0 Å². The van der Waals surface area contributed by atoms with E-state index < -0.39 is 0 Å². The molecule has 0 saturated heterocycles. The first-order valence-corrected chi connectivity index (χ1v) is 9.88. The van der Waals surface area contributed by atoms with Gasteiger partial charge in [-0.1, -0.05) is 6.07 Å². The molecule has 0 aliphatic heterocycles. The van der Waals surface area contributed by atoms with Gasteiger partial charge in [0.25, 0.3) is 5.91 Å². The number of hydrogen-bond donors (Lipinski definition) is 3. The highest BCUT2D eigenvalue weighted by Gasteiger charge is 2.51. The van der Waals surface area contributed by atoms with E-state index in [1.165, 1.54) is 45.4 Å². The van der Waals surface area contributed by atoms with Gasteiger partial charge in [0.15, 0.2) is 0 Å². The molecule has 5 rings (SSSR count). The highest BCUT2D eigenvalue weighted by Crippen LogP contribution is 2.61. The first kappa shape index (κ1) is 18.0. The van der Waals surface area contributed by atoms with E-state index in [1.807, 2.05) is 0 Å². The van der Waals surface area contributed by atoms with Gasteiger partial charge in [0.1, 0.15) is 0 Å². The summed E-state index contributed by atoms with van der Waals surface area (Å²) in [6, 6.07) is 6.63. The molecule has 4 bridgehead atoms. The molecular weight excluding hydrogens is 342 g/mol. The molecule has 6 heteroatoms. The molecule has 0 heterocycles. The van der Waals surface area contributed by atoms with E-state index in [-0.39, 0.29) is 23.1 Å². The number of carbonyl (C=O) groups is 3. The Balaban J connectivity index is 1.32. The topological polar surface area (TPSA) is 87.3 Å². The fourth-order valence-corrected chi connectivity index (χ4v) is 6.03. The molecule has 4 saturated carbocycles. The van der Waals surface area contributed by atoms with Crippen molar-refractivity contribution in [3.05, 3.63) is 29.8 Å². The van der Waals surface area contributed by atoms with Crippen molar-refractivity contribution in [2.45, 2.75) is 51.9 Å². The van der Waals surface area contributed by atoms with E-state index >= 15 is 0 Å². The number of nitrogens with one attached hydrogen (secondary N) is 3. The van der Waals surface area contributed by atoms with Crippen molar-refractivity contribution in [2.24, 2.45) is 23.2 Å². The average Bonchev–Trinajstić information content (AvgIpc) is 2.57. The lowest BCUT2D eigenvalue weighted by molar-refractivity contribution is -0.130. The van der Waals surface area contributed by atoms with Crippen LogP contribution in [0.1, 0.15) is 62.2 Å². The number of hydrazine groups is 1. The second-order valence-corrected chi connectivity index (χ2v) is 8.86. The van der Waals surface area contributed by atoms with Gasteiger partial charge in [-0.2, -0.15) is 0 Å². The van der Waals surface area contributed by atoms with E-state index in [0.717, 1.165) is 17.8 Å². The molecule has 4 aliphatic carbocycles. The van der Waals surface area contributed by atoms with Crippen molar-refractivity contribution >= 4 is 23.4 Å². The fourth-order valence-electron chi connectivity index (χ4n) is 6.03. The zero-order valence-electron chi connectivity index (χ0n) is 15.7. The maximum Gasteiger partial charge on any atom is 0.269 e. The Bertz CT molecular complexity index is 738. The molecule has 0 spiro atoms. The van der Waals surface area contributed by atoms with Crippen molar-refractivity contribution in [2.75, 3.05) is 5.32 Å². The van der Waals surface area contributed by atoms with Gasteiger partial charge < -0.3 is 5.32 Å². The second-order valence-electron chi connectivity index (χ2n) is 8.86.